The maximum Gasteiger partial charge on any atom is 0.411 e. The Morgan fingerprint density at radius 3 is 2.32 bits per heavy atom. The standard InChI is InChI=1S/C24H27Cl3N2O5/c1-23(2,3)34-22(32)29-13-17(28-33-14-15-7-5-4-6-8-15)9-10-24(29,21(30)31)20-18(26)11-16(25)12-19(20)27/h4-8,11-12,17,28H,9-10,13-14H2,1-3H3,(H,30,31)/t17-,24+/m1/s1. The number of carboxylic acids is 1. The van der Waals surface area contributed by atoms with Crippen molar-refractivity contribution >= 4 is 46.9 Å². The molecule has 1 amide bonds. The van der Waals surface area contributed by atoms with Gasteiger partial charge in [0.25, 0.3) is 0 Å². The first-order chi connectivity index (χ1) is 15.9. The minimum Gasteiger partial charge on any atom is -0.479 e. The number of amides is 1. The predicted octanol–water partition coefficient (Wildman–Crippen LogP) is 6.05. The number of nitrogens with one attached hydrogen (secondary N) is 1. The molecule has 1 fully saturated rings. The van der Waals surface area contributed by atoms with Crippen molar-refractivity contribution in [3.05, 3.63) is 68.7 Å². The Morgan fingerprint density at radius 1 is 1.15 bits per heavy atom. The van der Waals surface area contributed by atoms with Crippen LogP contribution in [0, 0.1) is 0 Å². The largest absolute Gasteiger partial charge is 0.479 e. The molecule has 0 bridgehead atoms. The summed E-state index contributed by atoms with van der Waals surface area (Å²) in [6, 6.07) is 12.0. The van der Waals surface area contributed by atoms with Crippen molar-refractivity contribution in [3.63, 3.8) is 0 Å². The van der Waals surface area contributed by atoms with Crippen molar-refractivity contribution in [2.45, 2.75) is 57.4 Å². The van der Waals surface area contributed by atoms with Gasteiger partial charge >= 0.3 is 12.1 Å². The number of likely N-dealkylation sites (tertiary alicyclic amines) is 1. The van der Waals surface area contributed by atoms with Gasteiger partial charge in [0, 0.05) is 27.2 Å². The van der Waals surface area contributed by atoms with Crippen molar-refractivity contribution in [3.8, 4) is 0 Å². The van der Waals surface area contributed by atoms with Crippen LogP contribution in [0.4, 0.5) is 4.79 Å². The lowest BCUT2D eigenvalue weighted by molar-refractivity contribution is -0.156. The number of piperidine rings is 1. The number of rotatable bonds is 6. The topological polar surface area (TPSA) is 88.1 Å². The number of benzene rings is 2. The van der Waals surface area contributed by atoms with E-state index in [0.29, 0.717) is 13.0 Å². The summed E-state index contributed by atoms with van der Waals surface area (Å²) in [5, 5.41) is 10.8. The molecule has 2 N–H and O–H groups in total. The van der Waals surface area contributed by atoms with Crippen molar-refractivity contribution in [2.75, 3.05) is 6.54 Å². The summed E-state index contributed by atoms with van der Waals surface area (Å²) in [7, 11) is 0. The fraction of sp³-hybridized carbons (Fsp3) is 0.417. The fourth-order valence-corrected chi connectivity index (χ4v) is 5.10. The second kappa shape index (κ2) is 10.7. The van der Waals surface area contributed by atoms with E-state index in [4.69, 9.17) is 44.4 Å². The van der Waals surface area contributed by atoms with Crippen LogP contribution < -0.4 is 5.48 Å². The average Bonchev–Trinajstić information content (AvgIpc) is 2.73. The Hall–Kier alpha value is -2.03. The lowest BCUT2D eigenvalue weighted by Crippen LogP contribution is -2.62. The van der Waals surface area contributed by atoms with Gasteiger partial charge in [-0.15, -0.1) is 0 Å². The highest BCUT2D eigenvalue weighted by molar-refractivity contribution is 6.39. The normalized spacial score (nSPS) is 20.8. The van der Waals surface area contributed by atoms with Crippen molar-refractivity contribution in [1.82, 2.24) is 10.4 Å². The first-order valence-corrected chi connectivity index (χ1v) is 11.9. The predicted molar refractivity (Wildman–Crippen MR) is 131 cm³/mol. The number of carbonyl (C=O) groups is 2. The van der Waals surface area contributed by atoms with Crippen LogP contribution in [0.3, 0.4) is 0 Å². The molecule has 2 aromatic carbocycles. The van der Waals surface area contributed by atoms with E-state index in [2.05, 4.69) is 5.48 Å². The molecule has 0 radical (unpaired) electrons. The molecule has 1 aliphatic rings. The first-order valence-electron chi connectivity index (χ1n) is 10.7. The number of hydroxylamine groups is 1. The maximum absolute atomic E-state index is 13.3. The molecule has 0 aliphatic carbocycles. The summed E-state index contributed by atoms with van der Waals surface area (Å²) in [5.74, 6) is -1.27. The van der Waals surface area contributed by atoms with Crippen LogP contribution in [0.1, 0.15) is 44.7 Å². The minimum atomic E-state index is -1.85. The number of aliphatic carboxylic acids is 1. The van der Waals surface area contributed by atoms with Crippen LogP contribution >= 0.6 is 34.8 Å². The third kappa shape index (κ3) is 5.96. The van der Waals surface area contributed by atoms with Gasteiger partial charge in [-0.05, 0) is 51.3 Å². The number of ether oxygens (including phenoxy) is 1. The average molecular weight is 530 g/mol. The molecule has 2 atom stereocenters. The fourth-order valence-electron chi connectivity index (χ4n) is 3.97. The summed E-state index contributed by atoms with van der Waals surface area (Å²) in [5.41, 5.74) is 1.32. The molecule has 1 heterocycles. The van der Waals surface area contributed by atoms with Crippen molar-refractivity contribution in [1.29, 1.82) is 0 Å². The van der Waals surface area contributed by atoms with Gasteiger partial charge < -0.3 is 9.84 Å². The highest BCUT2D eigenvalue weighted by atomic mass is 35.5. The first kappa shape index (κ1) is 26.6. The van der Waals surface area contributed by atoms with Gasteiger partial charge in [-0.3, -0.25) is 9.74 Å². The molecule has 0 aromatic heterocycles. The molecule has 34 heavy (non-hydrogen) atoms. The molecule has 3 rings (SSSR count). The van der Waals surface area contributed by atoms with Gasteiger partial charge in [-0.1, -0.05) is 65.1 Å². The van der Waals surface area contributed by atoms with E-state index in [1.165, 1.54) is 12.1 Å². The van der Waals surface area contributed by atoms with Crippen molar-refractivity contribution < 1.29 is 24.3 Å². The lowest BCUT2D eigenvalue weighted by Gasteiger charge is -2.47. The SMILES string of the molecule is CC(C)(C)OC(=O)N1C[C@H](NOCc2ccccc2)CC[C@@]1(C(=O)O)c1c(Cl)cc(Cl)cc1Cl. The highest BCUT2D eigenvalue weighted by Gasteiger charge is 2.54. The number of hydrogen-bond acceptors (Lipinski definition) is 5. The highest BCUT2D eigenvalue weighted by Crippen LogP contribution is 2.46. The summed E-state index contributed by atoms with van der Waals surface area (Å²) in [4.78, 5) is 32.9. The summed E-state index contributed by atoms with van der Waals surface area (Å²) < 4.78 is 5.57. The maximum atomic E-state index is 13.3. The van der Waals surface area contributed by atoms with E-state index in [1.54, 1.807) is 20.8 Å². The lowest BCUT2D eigenvalue weighted by atomic mass is 9.79. The Bertz CT molecular complexity index is 1020. The third-order valence-corrected chi connectivity index (χ3v) is 6.25. The molecule has 184 valence electrons. The zero-order valence-electron chi connectivity index (χ0n) is 19.1. The van der Waals surface area contributed by atoms with E-state index < -0.39 is 23.2 Å². The smallest absolute Gasteiger partial charge is 0.411 e. The third-order valence-electron chi connectivity index (χ3n) is 5.44. The monoisotopic (exact) mass is 528 g/mol. The van der Waals surface area contributed by atoms with Gasteiger partial charge in [-0.25, -0.2) is 9.59 Å². The molecule has 2 aromatic rings. The Morgan fingerprint density at radius 2 is 1.76 bits per heavy atom. The molecular weight excluding hydrogens is 503 g/mol. The zero-order valence-corrected chi connectivity index (χ0v) is 21.4. The molecule has 0 spiro atoms. The zero-order chi connectivity index (χ0) is 25.1. The van der Waals surface area contributed by atoms with Gasteiger partial charge in [-0.2, -0.15) is 5.48 Å². The van der Waals surface area contributed by atoms with Crippen LogP contribution in [0.2, 0.25) is 15.1 Å². The van der Waals surface area contributed by atoms with E-state index in [9.17, 15) is 14.7 Å². The van der Waals surface area contributed by atoms with Crippen LogP contribution in [0.25, 0.3) is 0 Å². The van der Waals surface area contributed by atoms with E-state index in [1.807, 2.05) is 30.3 Å². The van der Waals surface area contributed by atoms with Gasteiger partial charge in [0.05, 0.1) is 12.6 Å². The van der Waals surface area contributed by atoms with Crippen LogP contribution in [-0.4, -0.2) is 40.3 Å². The number of carbonyl (C=O) groups excluding carboxylic acids is 1. The van der Waals surface area contributed by atoms with Crippen LogP contribution in [0.5, 0.6) is 0 Å². The number of hydrogen-bond donors (Lipinski definition) is 2. The number of carboxylic acid groups (broad SMARTS) is 1. The van der Waals surface area contributed by atoms with Crippen molar-refractivity contribution in [2.24, 2.45) is 0 Å². The molecular formula is C24H27Cl3N2O5. The Balaban J connectivity index is 1.93. The van der Waals surface area contributed by atoms with Crippen LogP contribution in [-0.2, 0) is 26.5 Å². The Labute approximate surface area is 213 Å². The Kier molecular flexibility index (Phi) is 8.37. The number of halogens is 3. The molecule has 10 heteroatoms. The quantitative estimate of drug-likeness (QED) is 0.443. The molecule has 0 saturated carbocycles. The summed E-state index contributed by atoms with van der Waals surface area (Å²) in [6.07, 6.45) is -0.406. The summed E-state index contributed by atoms with van der Waals surface area (Å²) in [6.45, 7) is 5.42. The van der Waals surface area contributed by atoms with E-state index in [0.717, 1.165) is 10.5 Å². The minimum absolute atomic E-state index is 0.00864. The van der Waals surface area contributed by atoms with Gasteiger partial charge in [0.1, 0.15) is 5.60 Å². The summed E-state index contributed by atoms with van der Waals surface area (Å²) >= 11 is 18.9. The second-order valence-electron chi connectivity index (χ2n) is 9.13. The van der Waals surface area contributed by atoms with Gasteiger partial charge in [0.2, 0.25) is 0 Å². The second-order valence-corrected chi connectivity index (χ2v) is 10.4. The van der Waals surface area contributed by atoms with E-state index in [-0.39, 0.29) is 39.6 Å². The molecule has 1 aliphatic heterocycles. The van der Waals surface area contributed by atoms with Crippen LogP contribution in [0.15, 0.2) is 42.5 Å². The van der Waals surface area contributed by atoms with E-state index >= 15 is 0 Å². The van der Waals surface area contributed by atoms with Gasteiger partial charge in [0.15, 0.2) is 5.54 Å². The number of nitrogens with zero attached hydrogens (tertiary/aromatic N) is 1. The molecule has 1 saturated heterocycles. The molecule has 0 unspecified atom stereocenters. The molecule has 7 nitrogen and oxygen atoms in total.